The lowest BCUT2D eigenvalue weighted by atomic mass is 10.0. The zero-order chi connectivity index (χ0) is 20.4. The number of rotatable bonds is 5. The van der Waals surface area contributed by atoms with Gasteiger partial charge in [0.05, 0.1) is 16.8 Å². The first-order valence-corrected chi connectivity index (χ1v) is 9.67. The zero-order valence-electron chi connectivity index (χ0n) is 16.8. The number of benzene rings is 2. The summed E-state index contributed by atoms with van der Waals surface area (Å²) in [4.78, 5) is 21.8. The third-order valence-corrected chi connectivity index (χ3v) is 4.85. The Kier molecular flexibility index (Phi) is 5.12. The molecule has 0 radical (unpaired) electrons. The second-order valence-corrected chi connectivity index (χ2v) is 7.35. The number of amides is 1. The smallest absolute Gasteiger partial charge is 0.252 e. The van der Waals surface area contributed by atoms with Crippen LogP contribution < -0.4 is 5.32 Å². The van der Waals surface area contributed by atoms with Gasteiger partial charge in [0.2, 0.25) is 5.89 Å². The van der Waals surface area contributed by atoms with Crippen molar-refractivity contribution in [2.24, 2.45) is 0 Å². The maximum absolute atomic E-state index is 12.8. The van der Waals surface area contributed by atoms with E-state index >= 15 is 0 Å². The van der Waals surface area contributed by atoms with E-state index in [2.05, 4.69) is 15.3 Å². The number of carbonyl (C=O) groups excluding carboxylic acids is 1. The first kappa shape index (κ1) is 18.9. The van der Waals surface area contributed by atoms with Gasteiger partial charge in [-0.3, -0.25) is 9.78 Å². The molecule has 0 spiro atoms. The summed E-state index contributed by atoms with van der Waals surface area (Å²) in [6.07, 6.45) is 2.25. The molecule has 1 amide bonds. The van der Waals surface area contributed by atoms with Gasteiger partial charge in [-0.05, 0) is 51.1 Å². The molecule has 0 fully saturated rings. The van der Waals surface area contributed by atoms with E-state index < -0.39 is 0 Å². The van der Waals surface area contributed by atoms with Crippen molar-refractivity contribution in [2.45, 2.75) is 27.2 Å². The van der Waals surface area contributed by atoms with Crippen molar-refractivity contribution in [1.29, 1.82) is 0 Å². The van der Waals surface area contributed by atoms with Crippen LogP contribution in [0.3, 0.4) is 0 Å². The number of carbonyl (C=O) groups is 1. The third-order valence-electron chi connectivity index (χ3n) is 4.85. The van der Waals surface area contributed by atoms with E-state index in [-0.39, 0.29) is 5.91 Å². The highest BCUT2D eigenvalue weighted by molar-refractivity contribution is 6.06. The number of pyridine rings is 1. The molecule has 1 N–H and O–H groups in total. The fourth-order valence-corrected chi connectivity index (χ4v) is 3.31. The zero-order valence-corrected chi connectivity index (χ0v) is 16.8. The normalized spacial score (nSPS) is 11.0. The maximum atomic E-state index is 12.8. The fourth-order valence-electron chi connectivity index (χ4n) is 3.31. The quantitative estimate of drug-likeness (QED) is 0.536. The SMILES string of the molecule is Cc1ccc(-c2nc(CCNC(=O)c3cc(C)nc4ccc(C)cc34)co2)cc1. The highest BCUT2D eigenvalue weighted by atomic mass is 16.3. The summed E-state index contributed by atoms with van der Waals surface area (Å²) in [5.74, 6) is 0.492. The number of hydrogen-bond acceptors (Lipinski definition) is 4. The van der Waals surface area contributed by atoms with E-state index in [0.717, 1.165) is 33.4 Å². The first-order chi connectivity index (χ1) is 14.0. The van der Waals surface area contributed by atoms with E-state index in [1.165, 1.54) is 5.56 Å². The maximum Gasteiger partial charge on any atom is 0.252 e. The Morgan fingerprint density at radius 1 is 0.966 bits per heavy atom. The summed E-state index contributed by atoms with van der Waals surface area (Å²) in [6.45, 7) is 6.44. The van der Waals surface area contributed by atoms with Crippen LogP contribution in [-0.2, 0) is 6.42 Å². The van der Waals surface area contributed by atoms with E-state index in [0.29, 0.717) is 24.4 Å². The monoisotopic (exact) mass is 385 g/mol. The molecule has 5 heteroatoms. The first-order valence-electron chi connectivity index (χ1n) is 9.67. The van der Waals surface area contributed by atoms with Crippen LogP contribution in [-0.4, -0.2) is 22.4 Å². The molecule has 4 aromatic rings. The molecule has 4 rings (SSSR count). The average Bonchev–Trinajstić information content (AvgIpc) is 3.17. The molecular formula is C24H23N3O2. The van der Waals surface area contributed by atoms with Crippen LogP contribution >= 0.6 is 0 Å². The van der Waals surface area contributed by atoms with Crippen LogP contribution in [0.1, 0.15) is 32.9 Å². The van der Waals surface area contributed by atoms with Gasteiger partial charge in [-0.2, -0.15) is 0 Å². The van der Waals surface area contributed by atoms with Crippen molar-refractivity contribution in [3.8, 4) is 11.5 Å². The molecule has 0 aliphatic carbocycles. The third kappa shape index (κ3) is 4.19. The van der Waals surface area contributed by atoms with Crippen molar-refractivity contribution in [1.82, 2.24) is 15.3 Å². The molecule has 2 aromatic heterocycles. The van der Waals surface area contributed by atoms with Crippen LogP contribution in [0, 0.1) is 20.8 Å². The van der Waals surface area contributed by atoms with Crippen molar-refractivity contribution < 1.29 is 9.21 Å². The molecule has 0 atom stereocenters. The number of aryl methyl sites for hydroxylation is 3. The molecule has 5 nitrogen and oxygen atoms in total. The van der Waals surface area contributed by atoms with Gasteiger partial charge in [0.1, 0.15) is 6.26 Å². The highest BCUT2D eigenvalue weighted by Gasteiger charge is 2.13. The average molecular weight is 385 g/mol. The summed E-state index contributed by atoms with van der Waals surface area (Å²) >= 11 is 0. The Labute approximate surface area is 169 Å². The van der Waals surface area contributed by atoms with Crippen molar-refractivity contribution >= 4 is 16.8 Å². The largest absolute Gasteiger partial charge is 0.444 e. The number of fused-ring (bicyclic) bond motifs is 1. The van der Waals surface area contributed by atoms with E-state index in [1.807, 2.05) is 69.3 Å². The Morgan fingerprint density at radius 2 is 1.72 bits per heavy atom. The lowest BCUT2D eigenvalue weighted by molar-refractivity contribution is 0.0955. The molecular weight excluding hydrogens is 362 g/mol. The predicted octanol–water partition coefficient (Wildman–Crippen LogP) is 4.79. The van der Waals surface area contributed by atoms with Crippen LogP contribution in [0.4, 0.5) is 0 Å². The molecule has 146 valence electrons. The molecule has 0 saturated heterocycles. The topological polar surface area (TPSA) is 68.0 Å². The minimum atomic E-state index is -0.103. The number of hydrogen-bond donors (Lipinski definition) is 1. The minimum Gasteiger partial charge on any atom is -0.444 e. The van der Waals surface area contributed by atoms with Gasteiger partial charge < -0.3 is 9.73 Å². The summed E-state index contributed by atoms with van der Waals surface area (Å²) in [5.41, 5.74) is 6.36. The van der Waals surface area contributed by atoms with Gasteiger partial charge in [0.25, 0.3) is 5.91 Å². The van der Waals surface area contributed by atoms with E-state index in [1.54, 1.807) is 6.26 Å². The van der Waals surface area contributed by atoms with Gasteiger partial charge in [0.15, 0.2) is 0 Å². The standard InChI is InChI=1S/C24H23N3O2/c1-15-4-7-18(8-5-15)24-27-19(14-29-24)10-11-25-23(28)21-13-17(3)26-22-9-6-16(2)12-20(21)22/h4-9,12-14H,10-11H2,1-3H3,(H,25,28). The Balaban J connectivity index is 1.44. The van der Waals surface area contributed by atoms with Crippen molar-refractivity contribution in [2.75, 3.05) is 6.54 Å². The van der Waals surface area contributed by atoms with Crippen molar-refractivity contribution in [3.05, 3.63) is 82.9 Å². The van der Waals surface area contributed by atoms with Gasteiger partial charge in [0, 0.05) is 29.6 Å². The number of nitrogens with one attached hydrogen (secondary N) is 1. The summed E-state index contributed by atoms with van der Waals surface area (Å²) in [5, 5.41) is 3.87. The van der Waals surface area contributed by atoms with Gasteiger partial charge >= 0.3 is 0 Å². The van der Waals surface area contributed by atoms with Crippen LogP contribution in [0.2, 0.25) is 0 Å². The fraction of sp³-hybridized carbons (Fsp3) is 0.208. The van der Waals surface area contributed by atoms with Gasteiger partial charge in [-0.25, -0.2) is 4.98 Å². The molecule has 29 heavy (non-hydrogen) atoms. The lowest BCUT2D eigenvalue weighted by Crippen LogP contribution is -2.26. The molecule has 0 bridgehead atoms. The molecule has 2 aromatic carbocycles. The van der Waals surface area contributed by atoms with Gasteiger partial charge in [-0.1, -0.05) is 29.3 Å². The Bertz CT molecular complexity index is 1180. The number of oxazole rings is 1. The highest BCUT2D eigenvalue weighted by Crippen LogP contribution is 2.21. The van der Waals surface area contributed by atoms with Crippen molar-refractivity contribution in [3.63, 3.8) is 0 Å². The lowest BCUT2D eigenvalue weighted by Gasteiger charge is -2.09. The van der Waals surface area contributed by atoms with Crippen LogP contribution in [0.5, 0.6) is 0 Å². The second-order valence-electron chi connectivity index (χ2n) is 7.35. The molecule has 0 unspecified atom stereocenters. The predicted molar refractivity (Wildman–Crippen MR) is 114 cm³/mol. The summed E-state index contributed by atoms with van der Waals surface area (Å²) < 4.78 is 5.59. The van der Waals surface area contributed by atoms with E-state index in [4.69, 9.17) is 4.42 Å². The molecule has 0 saturated carbocycles. The minimum absolute atomic E-state index is 0.103. The van der Waals surface area contributed by atoms with Crippen LogP contribution in [0.15, 0.2) is 59.2 Å². The molecule has 2 heterocycles. The molecule has 0 aliphatic rings. The summed E-state index contributed by atoms with van der Waals surface area (Å²) in [6, 6.07) is 15.8. The molecule has 0 aliphatic heterocycles. The number of nitrogens with zero attached hydrogens (tertiary/aromatic N) is 2. The van der Waals surface area contributed by atoms with E-state index in [9.17, 15) is 4.79 Å². The van der Waals surface area contributed by atoms with Gasteiger partial charge in [-0.15, -0.1) is 0 Å². The summed E-state index contributed by atoms with van der Waals surface area (Å²) in [7, 11) is 0. The van der Waals surface area contributed by atoms with Crippen LogP contribution in [0.25, 0.3) is 22.4 Å². The Hall–Kier alpha value is -3.47. The second kappa shape index (κ2) is 7.87. The Morgan fingerprint density at radius 3 is 2.52 bits per heavy atom. The number of aromatic nitrogens is 2.